The summed E-state index contributed by atoms with van der Waals surface area (Å²) in [7, 11) is 0. The van der Waals surface area contributed by atoms with Gasteiger partial charge in [-0.25, -0.2) is 4.79 Å². The second kappa shape index (κ2) is 6.11. The summed E-state index contributed by atoms with van der Waals surface area (Å²) in [4.78, 5) is 24.8. The number of carbonyl (C=O) groups excluding carboxylic acids is 2. The maximum atomic E-state index is 12.7. The number of rotatable bonds is 2. The molecule has 1 aromatic rings. The monoisotopic (exact) mass is 301 g/mol. The first-order valence-electron chi connectivity index (χ1n) is 8.21. The van der Waals surface area contributed by atoms with Crippen LogP contribution in [-0.2, 0) is 16.0 Å². The fraction of sp³-hybridized carbons (Fsp3) is 0.556. The summed E-state index contributed by atoms with van der Waals surface area (Å²) in [5, 5.41) is 3.10. The van der Waals surface area contributed by atoms with Crippen LogP contribution in [0.1, 0.15) is 61.4 Å². The topological polar surface area (TPSA) is 55.4 Å². The Morgan fingerprint density at radius 2 is 1.86 bits per heavy atom. The van der Waals surface area contributed by atoms with Crippen molar-refractivity contribution in [3.63, 3.8) is 0 Å². The van der Waals surface area contributed by atoms with Crippen molar-refractivity contribution < 1.29 is 14.3 Å². The average molecular weight is 301 g/mol. The molecular weight excluding hydrogens is 278 g/mol. The van der Waals surface area contributed by atoms with Crippen molar-refractivity contribution in [2.45, 2.75) is 63.5 Å². The van der Waals surface area contributed by atoms with Crippen molar-refractivity contribution in [3.05, 3.63) is 35.4 Å². The van der Waals surface area contributed by atoms with Gasteiger partial charge in [0.1, 0.15) is 0 Å². The quantitative estimate of drug-likeness (QED) is 0.675. The van der Waals surface area contributed by atoms with Crippen LogP contribution in [0.4, 0.5) is 0 Å². The van der Waals surface area contributed by atoms with Crippen LogP contribution in [0.5, 0.6) is 0 Å². The smallest absolute Gasteiger partial charge is 0.339 e. The summed E-state index contributed by atoms with van der Waals surface area (Å²) in [5.74, 6) is -0.567. The lowest BCUT2D eigenvalue weighted by atomic mass is 9.89. The number of benzene rings is 1. The molecule has 2 aliphatic rings. The Balaban J connectivity index is 1.73. The van der Waals surface area contributed by atoms with E-state index in [9.17, 15) is 9.59 Å². The van der Waals surface area contributed by atoms with Crippen molar-refractivity contribution in [1.82, 2.24) is 5.32 Å². The molecule has 1 atom stereocenters. The van der Waals surface area contributed by atoms with Crippen molar-refractivity contribution in [2.24, 2.45) is 0 Å². The van der Waals surface area contributed by atoms with E-state index in [0.29, 0.717) is 12.0 Å². The zero-order valence-corrected chi connectivity index (χ0v) is 13.1. The largest absolute Gasteiger partial charge is 0.445 e. The molecule has 4 nitrogen and oxygen atoms in total. The molecule has 0 aromatic heterocycles. The number of hydrogen-bond donors (Lipinski definition) is 1. The normalized spacial score (nSPS) is 25.8. The fourth-order valence-electron chi connectivity index (χ4n) is 3.42. The molecule has 0 radical (unpaired) electrons. The first kappa shape index (κ1) is 15.1. The van der Waals surface area contributed by atoms with Gasteiger partial charge in [0.15, 0.2) is 5.60 Å². The van der Waals surface area contributed by atoms with Crippen LogP contribution in [0.2, 0.25) is 0 Å². The van der Waals surface area contributed by atoms with Gasteiger partial charge in [-0.15, -0.1) is 0 Å². The molecule has 1 amide bonds. The van der Waals surface area contributed by atoms with Gasteiger partial charge < -0.3 is 10.1 Å². The van der Waals surface area contributed by atoms with Gasteiger partial charge in [0, 0.05) is 12.5 Å². The highest BCUT2D eigenvalue weighted by atomic mass is 16.6. The number of cyclic esters (lactones) is 1. The van der Waals surface area contributed by atoms with Crippen molar-refractivity contribution in [2.75, 3.05) is 0 Å². The van der Waals surface area contributed by atoms with Gasteiger partial charge in [-0.3, -0.25) is 4.79 Å². The molecule has 1 unspecified atom stereocenters. The molecule has 118 valence electrons. The third-order valence-corrected chi connectivity index (χ3v) is 4.75. The second-order valence-electron chi connectivity index (χ2n) is 6.62. The van der Waals surface area contributed by atoms with Crippen LogP contribution < -0.4 is 5.32 Å². The van der Waals surface area contributed by atoms with Crippen molar-refractivity contribution in [3.8, 4) is 0 Å². The summed E-state index contributed by atoms with van der Waals surface area (Å²) >= 11 is 0. The van der Waals surface area contributed by atoms with E-state index in [-0.39, 0.29) is 11.9 Å². The lowest BCUT2D eigenvalue weighted by molar-refractivity contribution is -0.140. The molecule has 0 bridgehead atoms. The maximum Gasteiger partial charge on any atom is 0.339 e. The van der Waals surface area contributed by atoms with Crippen LogP contribution in [0, 0.1) is 0 Å². The number of esters is 1. The minimum atomic E-state index is -1.10. The molecule has 3 rings (SSSR count). The van der Waals surface area contributed by atoms with E-state index in [0.717, 1.165) is 31.2 Å². The standard InChI is InChI=1S/C18H23NO3/c1-18(17(21)19-14-9-4-2-3-5-10-14)12-13-8-6-7-11-15(13)16(20)22-18/h6-8,11,14H,2-5,9-10,12H2,1H3,(H,19,21). The molecule has 0 spiro atoms. The summed E-state index contributed by atoms with van der Waals surface area (Å²) in [6, 6.07) is 7.56. The van der Waals surface area contributed by atoms with E-state index < -0.39 is 11.6 Å². The molecule has 4 heteroatoms. The first-order valence-corrected chi connectivity index (χ1v) is 8.21. The summed E-state index contributed by atoms with van der Waals surface area (Å²) in [6.45, 7) is 1.72. The van der Waals surface area contributed by atoms with Gasteiger partial charge in [0.2, 0.25) is 0 Å². The second-order valence-corrected chi connectivity index (χ2v) is 6.62. The third kappa shape index (κ3) is 3.01. The number of carbonyl (C=O) groups is 2. The van der Waals surface area contributed by atoms with E-state index in [4.69, 9.17) is 4.74 Å². The highest BCUT2D eigenvalue weighted by Crippen LogP contribution is 2.29. The van der Waals surface area contributed by atoms with E-state index in [2.05, 4.69) is 5.32 Å². The van der Waals surface area contributed by atoms with E-state index in [1.807, 2.05) is 18.2 Å². The van der Waals surface area contributed by atoms with E-state index >= 15 is 0 Å². The molecule has 1 N–H and O–H groups in total. The zero-order chi connectivity index (χ0) is 15.6. The Labute approximate surface area is 131 Å². The van der Waals surface area contributed by atoms with Gasteiger partial charge in [-0.1, -0.05) is 43.9 Å². The summed E-state index contributed by atoms with van der Waals surface area (Å²) in [5.41, 5.74) is 0.358. The number of fused-ring (bicyclic) bond motifs is 1. The summed E-state index contributed by atoms with van der Waals surface area (Å²) < 4.78 is 5.48. The molecule has 1 heterocycles. The van der Waals surface area contributed by atoms with Gasteiger partial charge in [0.05, 0.1) is 5.56 Å². The average Bonchev–Trinajstić information content (AvgIpc) is 2.76. The SMILES string of the molecule is CC1(C(=O)NC2CCCCCC2)Cc2ccccc2C(=O)O1. The maximum absolute atomic E-state index is 12.7. The number of nitrogens with one attached hydrogen (secondary N) is 1. The molecule has 1 aromatic carbocycles. The Morgan fingerprint density at radius 1 is 1.18 bits per heavy atom. The Hall–Kier alpha value is -1.84. The Kier molecular flexibility index (Phi) is 4.19. The van der Waals surface area contributed by atoms with E-state index in [1.54, 1.807) is 13.0 Å². The van der Waals surface area contributed by atoms with Crippen LogP contribution in [0.3, 0.4) is 0 Å². The molecule has 1 fully saturated rings. The minimum Gasteiger partial charge on any atom is -0.445 e. The van der Waals surface area contributed by atoms with Crippen molar-refractivity contribution in [1.29, 1.82) is 0 Å². The van der Waals surface area contributed by atoms with Crippen LogP contribution in [-0.4, -0.2) is 23.5 Å². The number of hydrogen-bond acceptors (Lipinski definition) is 3. The lowest BCUT2D eigenvalue weighted by Gasteiger charge is -2.34. The minimum absolute atomic E-state index is 0.165. The van der Waals surface area contributed by atoms with Gasteiger partial charge in [-0.05, 0) is 31.4 Å². The highest BCUT2D eigenvalue weighted by molar-refractivity contribution is 5.97. The molecule has 1 aliphatic carbocycles. The molecular formula is C18H23NO3. The first-order chi connectivity index (χ1) is 10.6. The molecule has 0 saturated heterocycles. The van der Waals surface area contributed by atoms with Crippen LogP contribution >= 0.6 is 0 Å². The van der Waals surface area contributed by atoms with Gasteiger partial charge in [-0.2, -0.15) is 0 Å². The predicted molar refractivity (Wildman–Crippen MR) is 83.6 cm³/mol. The van der Waals surface area contributed by atoms with Crippen molar-refractivity contribution >= 4 is 11.9 Å². The predicted octanol–water partition coefficient (Wildman–Crippen LogP) is 3.00. The summed E-state index contributed by atoms with van der Waals surface area (Å²) in [6.07, 6.45) is 7.28. The Morgan fingerprint density at radius 3 is 2.59 bits per heavy atom. The number of amides is 1. The molecule has 22 heavy (non-hydrogen) atoms. The molecule has 1 aliphatic heterocycles. The zero-order valence-electron chi connectivity index (χ0n) is 13.1. The fourth-order valence-corrected chi connectivity index (χ4v) is 3.42. The Bertz CT molecular complexity index is 575. The number of ether oxygens (including phenoxy) is 1. The van der Waals surface area contributed by atoms with Gasteiger partial charge in [0.25, 0.3) is 5.91 Å². The van der Waals surface area contributed by atoms with E-state index in [1.165, 1.54) is 12.8 Å². The highest BCUT2D eigenvalue weighted by Gasteiger charge is 2.43. The van der Waals surface area contributed by atoms with Crippen LogP contribution in [0.15, 0.2) is 24.3 Å². The third-order valence-electron chi connectivity index (χ3n) is 4.75. The molecule has 1 saturated carbocycles. The van der Waals surface area contributed by atoms with Crippen LogP contribution in [0.25, 0.3) is 0 Å². The van der Waals surface area contributed by atoms with Gasteiger partial charge >= 0.3 is 5.97 Å². The lowest BCUT2D eigenvalue weighted by Crippen LogP contribution is -2.54.